The Balaban J connectivity index is 1.72. The highest BCUT2D eigenvalue weighted by atomic mass is 16.5. The molecule has 1 aliphatic carbocycles. The van der Waals surface area contributed by atoms with Gasteiger partial charge in [0.2, 0.25) is 5.91 Å². The summed E-state index contributed by atoms with van der Waals surface area (Å²) in [6.45, 7) is 5.10. The van der Waals surface area contributed by atoms with E-state index in [1.807, 2.05) is 4.90 Å². The maximum Gasteiger partial charge on any atom is 0.341 e. The molecule has 0 unspecified atom stereocenters. The molecular formula is C17H23N3O3. The molecular weight excluding hydrogens is 294 g/mol. The van der Waals surface area contributed by atoms with Crippen LogP contribution < -0.4 is 4.90 Å². The number of aromatic nitrogens is 1. The van der Waals surface area contributed by atoms with E-state index in [-0.39, 0.29) is 11.9 Å². The number of pyridine rings is 1. The number of ether oxygens (including phenoxy) is 1. The Morgan fingerprint density at radius 3 is 2.83 bits per heavy atom. The van der Waals surface area contributed by atoms with Crippen LogP contribution >= 0.6 is 0 Å². The zero-order valence-electron chi connectivity index (χ0n) is 13.5. The maximum atomic E-state index is 12.2. The fourth-order valence-electron chi connectivity index (χ4n) is 2.96. The van der Waals surface area contributed by atoms with E-state index in [0.717, 1.165) is 32.4 Å². The van der Waals surface area contributed by atoms with Gasteiger partial charge in [-0.25, -0.2) is 9.78 Å². The molecule has 2 aliphatic rings. The minimum Gasteiger partial charge on any atom is -0.462 e. The zero-order chi connectivity index (χ0) is 16.2. The Bertz CT molecular complexity index is 586. The summed E-state index contributed by atoms with van der Waals surface area (Å²) >= 11 is 0. The lowest BCUT2D eigenvalue weighted by atomic mass is 10.2. The first-order chi connectivity index (χ1) is 11.2. The quantitative estimate of drug-likeness (QED) is 0.791. The molecule has 1 amide bonds. The highest BCUT2D eigenvalue weighted by molar-refractivity contribution is 5.94. The van der Waals surface area contributed by atoms with Gasteiger partial charge in [-0.3, -0.25) is 4.79 Å². The maximum absolute atomic E-state index is 12.2. The summed E-state index contributed by atoms with van der Waals surface area (Å²) in [6, 6.07) is 3.49. The van der Waals surface area contributed by atoms with Crippen LogP contribution in [-0.4, -0.2) is 54.5 Å². The van der Waals surface area contributed by atoms with Crippen LogP contribution in [0.4, 0.5) is 5.82 Å². The van der Waals surface area contributed by atoms with Gasteiger partial charge in [-0.05, 0) is 38.3 Å². The molecule has 124 valence electrons. The number of carbonyl (C=O) groups is 2. The van der Waals surface area contributed by atoms with E-state index < -0.39 is 0 Å². The van der Waals surface area contributed by atoms with Crippen LogP contribution in [-0.2, 0) is 9.53 Å². The largest absolute Gasteiger partial charge is 0.462 e. The molecule has 2 heterocycles. The van der Waals surface area contributed by atoms with Crippen molar-refractivity contribution in [3.05, 3.63) is 23.9 Å². The van der Waals surface area contributed by atoms with Crippen LogP contribution in [0.15, 0.2) is 18.3 Å². The SMILES string of the molecule is CCOC(=O)c1cccnc1N1CCCN(C(=O)C2CC2)CC1. The second-order valence-electron chi connectivity index (χ2n) is 6.04. The van der Waals surface area contributed by atoms with Crippen LogP contribution in [0.1, 0.15) is 36.5 Å². The van der Waals surface area contributed by atoms with Gasteiger partial charge in [0.05, 0.1) is 6.61 Å². The van der Waals surface area contributed by atoms with Gasteiger partial charge < -0.3 is 14.5 Å². The van der Waals surface area contributed by atoms with Gasteiger partial charge in [0.15, 0.2) is 0 Å². The third kappa shape index (κ3) is 3.63. The summed E-state index contributed by atoms with van der Waals surface area (Å²) in [6.07, 6.45) is 4.64. The number of amides is 1. The number of anilines is 1. The lowest BCUT2D eigenvalue weighted by Gasteiger charge is -2.24. The van der Waals surface area contributed by atoms with E-state index in [2.05, 4.69) is 9.88 Å². The van der Waals surface area contributed by atoms with E-state index in [4.69, 9.17) is 4.74 Å². The van der Waals surface area contributed by atoms with Gasteiger partial charge in [-0.2, -0.15) is 0 Å². The molecule has 0 N–H and O–H groups in total. The first kappa shape index (κ1) is 15.8. The van der Waals surface area contributed by atoms with E-state index in [0.29, 0.717) is 37.0 Å². The van der Waals surface area contributed by atoms with Crippen molar-refractivity contribution < 1.29 is 14.3 Å². The molecule has 6 heteroatoms. The molecule has 1 aromatic rings. The first-order valence-corrected chi connectivity index (χ1v) is 8.36. The van der Waals surface area contributed by atoms with Gasteiger partial charge in [0, 0.05) is 38.3 Å². The van der Waals surface area contributed by atoms with E-state index in [1.165, 1.54) is 0 Å². The molecule has 2 fully saturated rings. The average molecular weight is 317 g/mol. The van der Waals surface area contributed by atoms with Crippen molar-refractivity contribution >= 4 is 17.7 Å². The monoisotopic (exact) mass is 317 g/mol. The van der Waals surface area contributed by atoms with Crippen LogP contribution in [0, 0.1) is 5.92 Å². The lowest BCUT2D eigenvalue weighted by Crippen LogP contribution is -2.36. The number of nitrogens with zero attached hydrogens (tertiary/aromatic N) is 3. The molecule has 0 spiro atoms. The average Bonchev–Trinajstić information content (AvgIpc) is 3.41. The number of hydrogen-bond donors (Lipinski definition) is 0. The molecule has 1 saturated heterocycles. The second-order valence-corrected chi connectivity index (χ2v) is 6.04. The summed E-state index contributed by atoms with van der Waals surface area (Å²) in [7, 11) is 0. The molecule has 6 nitrogen and oxygen atoms in total. The number of hydrogen-bond acceptors (Lipinski definition) is 5. The Hall–Kier alpha value is -2.11. The molecule has 0 bridgehead atoms. The van der Waals surface area contributed by atoms with Crippen LogP contribution in [0.5, 0.6) is 0 Å². The molecule has 23 heavy (non-hydrogen) atoms. The summed E-state index contributed by atoms with van der Waals surface area (Å²) < 4.78 is 5.12. The van der Waals surface area contributed by atoms with Crippen LogP contribution in [0.2, 0.25) is 0 Å². The van der Waals surface area contributed by atoms with E-state index in [9.17, 15) is 9.59 Å². The summed E-state index contributed by atoms with van der Waals surface area (Å²) in [5.41, 5.74) is 0.497. The number of esters is 1. The molecule has 1 saturated carbocycles. The molecule has 0 atom stereocenters. The van der Waals surface area contributed by atoms with Crippen molar-refractivity contribution in [1.29, 1.82) is 0 Å². The molecule has 3 rings (SSSR count). The van der Waals surface area contributed by atoms with Crippen molar-refractivity contribution in [2.75, 3.05) is 37.7 Å². The van der Waals surface area contributed by atoms with Crippen molar-refractivity contribution in [3.63, 3.8) is 0 Å². The molecule has 1 aliphatic heterocycles. The van der Waals surface area contributed by atoms with Crippen molar-refractivity contribution in [2.24, 2.45) is 5.92 Å². The first-order valence-electron chi connectivity index (χ1n) is 8.36. The summed E-state index contributed by atoms with van der Waals surface area (Å²) in [4.78, 5) is 32.8. The molecule has 1 aromatic heterocycles. The molecule has 0 aromatic carbocycles. The van der Waals surface area contributed by atoms with E-state index >= 15 is 0 Å². The van der Waals surface area contributed by atoms with Gasteiger partial charge in [-0.15, -0.1) is 0 Å². The van der Waals surface area contributed by atoms with Crippen molar-refractivity contribution in [1.82, 2.24) is 9.88 Å². The summed E-state index contributed by atoms with van der Waals surface area (Å²) in [5.74, 6) is 0.863. The smallest absolute Gasteiger partial charge is 0.341 e. The normalized spacial score (nSPS) is 18.5. The fourth-order valence-corrected chi connectivity index (χ4v) is 2.96. The van der Waals surface area contributed by atoms with E-state index in [1.54, 1.807) is 25.3 Å². The Morgan fingerprint density at radius 2 is 2.09 bits per heavy atom. The lowest BCUT2D eigenvalue weighted by molar-refractivity contribution is -0.132. The Morgan fingerprint density at radius 1 is 1.26 bits per heavy atom. The number of rotatable bonds is 4. The minimum atomic E-state index is -0.342. The minimum absolute atomic E-state index is 0.256. The Kier molecular flexibility index (Phi) is 4.79. The Labute approximate surface area is 136 Å². The zero-order valence-corrected chi connectivity index (χ0v) is 13.5. The predicted molar refractivity (Wildman–Crippen MR) is 86.3 cm³/mol. The predicted octanol–water partition coefficient (Wildman–Crippen LogP) is 1.71. The van der Waals surface area contributed by atoms with Crippen molar-refractivity contribution in [3.8, 4) is 0 Å². The second kappa shape index (κ2) is 6.98. The van der Waals surface area contributed by atoms with Crippen molar-refractivity contribution in [2.45, 2.75) is 26.2 Å². The summed E-state index contributed by atoms with van der Waals surface area (Å²) in [5, 5.41) is 0. The van der Waals surface area contributed by atoms with Crippen LogP contribution in [0.25, 0.3) is 0 Å². The fraction of sp³-hybridized carbons (Fsp3) is 0.588. The standard InChI is InChI=1S/C17H23N3O3/c1-2-23-17(22)14-5-3-8-18-15(14)19-9-4-10-20(12-11-19)16(21)13-6-7-13/h3,5,8,13H,2,4,6-7,9-12H2,1H3. The van der Waals surface area contributed by atoms with Crippen LogP contribution in [0.3, 0.4) is 0 Å². The van der Waals surface area contributed by atoms with Gasteiger partial charge in [0.1, 0.15) is 11.4 Å². The van der Waals surface area contributed by atoms with Gasteiger partial charge >= 0.3 is 5.97 Å². The molecule has 0 radical (unpaired) electrons. The highest BCUT2D eigenvalue weighted by Crippen LogP contribution is 2.31. The number of carbonyl (C=O) groups excluding carboxylic acids is 2. The third-order valence-electron chi connectivity index (χ3n) is 4.32. The highest BCUT2D eigenvalue weighted by Gasteiger charge is 2.34. The van der Waals surface area contributed by atoms with Gasteiger partial charge in [-0.1, -0.05) is 0 Å². The topological polar surface area (TPSA) is 62.7 Å². The third-order valence-corrected chi connectivity index (χ3v) is 4.32. The van der Waals surface area contributed by atoms with Gasteiger partial charge in [0.25, 0.3) is 0 Å².